The van der Waals surface area contributed by atoms with Crippen molar-refractivity contribution in [2.45, 2.75) is 13.8 Å². The zero-order valence-corrected chi connectivity index (χ0v) is 25.3. The van der Waals surface area contributed by atoms with E-state index in [0.29, 0.717) is 11.5 Å². The fourth-order valence-corrected chi connectivity index (χ4v) is 6.22. The molecule has 0 aliphatic rings. The van der Waals surface area contributed by atoms with E-state index >= 15 is 0 Å². The largest absolute Gasteiger partial charge is 2.00 e. The zero-order chi connectivity index (χ0) is 28.7. The monoisotopic (exact) mass is 659 g/mol. The molecule has 9 aromatic rings. The molecular weight excluding hydrogens is 637 g/mol. The van der Waals surface area contributed by atoms with E-state index in [1.54, 1.807) is 0 Å². The van der Waals surface area contributed by atoms with Crippen LogP contribution in [-0.2, 0) is 20.4 Å². The minimum absolute atomic E-state index is 0. The van der Waals surface area contributed by atoms with E-state index in [9.17, 15) is 0 Å². The predicted molar refractivity (Wildman–Crippen MR) is 171 cm³/mol. The first kappa shape index (κ1) is 26.5. The molecule has 0 aliphatic carbocycles. The number of hydrogen-bond acceptors (Lipinski definition) is 4. The van der Waals surface area contributed by atoms with Crippen LogP contribution >= 0.6 is 0 Å². The van der Waals surface area contributed by atoms with Crippen molar-refractivity contribution in [1.29, 1.82) is 0 Å². The Bertz CT molecular complexity index is 2570. The van der Waals surface area contributed by atoms with Gasteiger partial charge < -0.3 is 13.5 Å². The molecular formula is C37H23N5OPd. The summed E-state index contributed by atoms with van der Waals surface area (Å²) in [5.74, 6) is 1.18. The molecule has 0 bridgehead atoms. The van der Waals surface area contributed by atoms with E-state index in [2.05, 4.69) is 82.6 Å². The first-order chi connectivity index (χ1) is 21.1. The number of rotatable bonds is 3. The van der Waals surface area contributed by atoms with Crippen LogP contribution in [0, 0.1) is 26.0 Å². The van der Waals surface area contributed by atoms with E-state index in [1.807, 2.05) is 55.6 Å². The maximum atomic E-state index is 6.44. The van der Waals surface area contributed by atoms with E-state index in [-0.39, 0.29) is 20.4 Å². The van der Waals surface area contributed by atoms with Crippen molar-refractivity contribution in [1.82, 2.24) is 23.8 Å². The molecule has 0 amide bonds. The van der Waals surface area contributed by atoms with Crippen LogP contribution < -0.4 is 4.74 Å². The molecule has 7 heteroatoms. The Morgan fingerprint density at radius 2 is 1.36 bits per heavy atom. The normalized spacial score (nSPS) is 11.7. The Kier molecular flexibility index (Phi) is 6.02. The van der Waals surface area contributed by atoms with Gasteiger partial charge in [-0.25, -0.2) is 0 Å². The smallest absolute Gasteiger partial charge is 0.497 e. The molecule has 212 valence electrons. The fraction of sp³-hybridized carbons (Fsp3) is 0.0541. The maximum absolute atomic E-state index is 6.44. The van der Waals surface area contributed by atoms with Crippen LogP contribution in [0.3, 0.4) is 0 Å². The van der Waals surface area contributed by atoms with Crippen LogP contribution in [0.15, 0.2) is 103 Å². The maximum Gasteiger partial charge on any atom is 2.00 e. The summed E-state index contributed by atoms with van der Waals surface area (Å²) in [6.07, 6.45) is 3.92. The van der Waals surface area contributed by atoms with E-state index in [4.69, 9.17) is 19.7 Å². The summed E-state index contributed by atoms with van der Waals surface area (Å²) in [5.41, 5.74) is 8.76. The number of ether oxygens (including phenoxy) is 1. The fourth-order valence-electron chi connectivity index (χ4n) is 6.22. The summed E-state index contributed by atoms with van der Waals surface area (Å²) in [4.78, 5) is 14.7. The molecule has 0 fully saturated rings. The third kappa shape index (κ3) is 3.87. The Morgan fingerprint density at radius 3 is 2.18 bits per heavy atom. The molecule has 0 aliphatic heterocycles. The molecule has 0 atom stereocenters. The summed E-state index contributed by atoms with van der Waals surface area (Å²) in [6, 6.07) is 37.8. The summed E-state index contributed by atoms with van der Waals surface area (Å²) in [7, 11) is 0. The topological polar surface area (TPSA) is 56.7 Å². The van der Waals surface area contributed by atoms with Crippen molar-refractivity contribution in [2.75, 3.05) is 0 Å². The van der Waals surface area contributed by atoms with Crippen molar-refractivity contribution >= 4 is 54.8 Å². The van der Waals surface area contributed by atoms with E-state index < -0.39 is 0 Å². The minimum Gasteiger partial charge on any atom is -0.497 e. The number of para-hydroxylation sites is 1. The molecule has 4 aromatic carbocycles. The van der Waals surface area contributed by atoms with Crippen molar-refractivity contribution in [3.05, 3.63) is 127 Å². The average molecular weight is 660 g/mol. The number of benzene rings is 4. The molecule has 5 heterocycles. The number of nitrogens with zero attached hydrogens (tertiary/aromatic N) is 5. The first-order valence-corrected chi connectivity index (χ1v) is 14.2. The summed E-state index contributed by atoms with van der Waals surface area (Å²) < 4.78 is 10.8. The van der Waals surface area contributed by atoms with Crippen molar-refractivity contribution in [3.8, 4) is 22.8 Å². The molecule has 9 rings (SSSR count). The minimum atomic E-state index is 0. The van der Waals surface area contributed by atoms with Crippen LogP contribution in [0.2, 0.25) is 0 Å². The first-order valence-electron chi connectivity index (χ1n) is 14.2. The Balaban J connectivity index is 0.00000289. The second-order valence-electron chi connectivity index (χ2n) is 10.8. The van der Waals surface area contributed by atoms with Crippen LogP contribution in [0.25, 0.3) is 66.0 Å². The van der Waals surface area contributed by atoms with Gasteiger partial charge in [-0.1, -0.05) is 94.3 Å². The third-order valence-corrected chi connectivity index (χ3v) is 8.36. The number of aromatic nitrogens is 5. The zero-order valence-electron chi connectivity index (χ0n) is 23.8. The summed E-state index contributed by atoms with van der Waals surface area (Å²) in [6.45, 7) is 4.12. The number of hydrogen-bond donors (Lipinski definition) is 0. The number of fused-ring (bicyclic) bond motifs is 12. The summed E-state index contributed by atoms with van der Waals surface area (Å²) in [5, 5.41) is 4.97. The van der Waals surface area contributed by atoms with Crippen LogP contribution in [0.4, 0.5) is 0 Å². The van der Waals surface area contributed by atoms with Crippen LogP contribution in [-0.4, -0.2) is 23.8 Å². The molecule has 0 N–H and O–H groups in total. The van der Waals surface area contributed by atoms with Gasteiger partial charge in [-0.3, -0.25) is 15.0 Å². The van der Waals surface area contributed by atoms with Gasteiger partial charge in [0.15, 0.2) is 0 Å². The second-order valence-corrected chi connectivity index (χ2v) is 10.8. The van der Waals surface area contributed by atoms with Gasteiger partial charge in [0.2, 0.25) is 0 Å². The van der Waals surface area contributed by atoms with E-state index in [0.717, 1.165) is 77.4 Å². The van der Waals surface area contributed by atoms with Gasteiger partial charge in [-0.15, -0.1) is 12.1 Å². The van der Waals surface area contributed by atoms with Crippen LogP contribution in [0.1, 0.15) is 11.4 Å². The SMILES string of the molecule is Cc1nc2c3[c-]c(Oc4[c-]c5c(cc4)c4ccccc4n4cc(-c6ccccc6)nc54)ccc3c3ncccc3n2c1C.[Pd+2]. The standard InChI is InChI=1S/C37H23N5O.Pd/c1-22-23(2)42-34-13-8-18-38-35(34)29-17-15-26(20-31(29)37(42)39-22)43-25-14-16-27-28-11-6-7-12-33(28)41-21-32(24-9-4-3-5-10-24)40-36(41)30(27)19-25;/h3-18,21H,1-2H3;/q-2;+2. The molecule has 0 radical (unpaired) electrons. The van der Waals surface area contributed by atoms with Gasteiger partial charge in [0.25, 0.3) is 0 Å². The van der Waals surface area contributed by atoms with E-state index in [1.165, 1.54) is 0 Å². The number of aryl methyl sites for hydroxylation is 2. The molecule has 44 heavy (non-hydrogen) atoms. The van der Waals surface area contributed by atoms with Crippen molar-refractivity contribution < 1.29 is 25.2 Å². The number of pyridine rings is 3. The Labute approximate surface area is 266 Å². The molecule has 0 spiro atoms. The molecule has 0 saturated heterocycles. The molecule has 6 nitrogen and oxygen atoms in total. The Morgan fingerprint density at radius 1 is 0.659 bits per heavy atom. The van der Waals surface area contributed by atoms with Gasteiger partial charge in [-0.2, -0.15) is 0 Å². The molecule has 0 saturated carbocycles. The van der Waals surface area contributed by atoms with Gasteiger partial charge in [0.1, 0.15) is 0 Å². The van der Waals surface area contributed by atoms with Gasteiger partial charge in [0.05, 0.1) is 28.0 Å². The Hall–Kier alpha value is -5.09. The predicted octanol–water partition coefficient (Wildman–Crippen LogP) is 8.66. The van der Waals surface area contributed by atoms with Gasteiger partial charge in [0, 0.05) is 46.4 Å². The van der Waals surface area contributed by atoms with Crippen molar-refractivity contribution in [3.63, 3.8) is 0 Å². The number of imidazole rings is 2. The molecule has 5 aromatic heterocycles. The quantitative estimate of drug-likeness (QED) is 0.108. The summed E-state index contributed by atoms with van der Waals surface area (Å²) >= 11 is 0. The van der Waals surface area contributed by atoms with Gasteiger partial charge >= 0.3 is 20.4 Å². The average Bonchev–Trinajstić information content (AvgIpc) is 3.64. The van der Waals surface area contributed by atoms with Crippen LogP contribution in [0.5, 0.6) is 11.5 Å². The van der Waals surface area contributed by atoms with Gasteiger partial charge in [-0.05, 0) is 37.4 Å². The molecule has 0 unspecified atom stereocenters. The third-order valence-electron chi connectivity index (χ3n) is 8.36. The second kappa shape index (κ2) is 9.99. The van der Waals surface area contributed by atoms with Crippen molar-refractivity contribution in [2.24, 2.45) is 0 Å².